The molecule has 0 atom stereocenters. The molecule has 0 fully saturated rings. The van der Waals surface area contributed by atoms with Gasteiger partial charge in [-0.25, -0.2) is 4.79 Å². The van der Waals surface area contributed by atoms with Gasteiger partial charge in [-0.3, -0.25) is 4.79 Å². The zero-order valence-electron chi connectivity index (χ0n) is 14.9. The highest BCUT2D eigenvalue weighted by Gasteiger charge is 2.16. The van der Waals surface area contributed by atoms with E-state index in [-0.39, 0.29) is 11.8 Å². The van der Waals surface area contributed by atoms with Crippen molar-refractivity contribution in [3.05, 3.63) is 70.4 Å². The minimum atomic E-state index is -0.383. The Kier molecular flexibility index (Phi) is 4.45. The van der Waals surface area contributed by atoms with Crippen LogP contribution >= 0.6 is 0 Å². The first-order chi connectivity index (χ1) is 11.9. The van der Waals surface area contributed by atoms with Crippen molar-refractivity contribution in [1.29, 1.82) is 0 Å². The summed E-state index contributed by atoms with van der Waals surface area (Å²) >= 11 is 0. The van der Waals surface area contributed by atoms with Crippen molar-refractivity contribution in [2.24, 2.45) is 0 Å². The molecule has 1 heterocycles. The highest BCUT2D eigenvalue weighted by atomic mass is 16.5. The van der Waals surface area contributed by atoms with Crippen LogP contribution in [0, 0.1) is 13.8 Å². The van der Waals surface area contributed by atoms with Crippen molar-refractivity contribution in [2.45, 2.75) is 27.3 Å². The van der Waals surface area contributed by atoms with Crippen LogP contribution in [-0.2, 0) is 11.3 Å². The molecule has 4 nitrogen and oxygen atoms in total. The molecule has 2 aromatic carbocycles. The van der Waals surface area contributed by atoms with E-state index in [1.807, 2.05) is 22.9 Å². The lowest BCUT2D eigenvalue weighted by Crippen LogP contribution is -2.04. The van der Waals surface area contributed by atoms with E-state index in [4.69, 9.17) is 4.74 Å². The average Bonchev–Trinajstić information content (AvgIpc) is 2.95. The molecule has 25 heavy (non-hydrogen) atoms. The first-order valence-corrected chi connectivity index (χ1v) is 8.19. The van der Waals surface area contributed by atoms with E-state index in [1.54, 1.807) is 19.1 Å². The number of hydrogen-bond acceptors (Lipinski definition) is 3. The number of benzene rings is 2. The number of carbonyl (C=O) groups excluding carboxylic acids is 2. The number of ketones is 1. The molecule has 128 valence electrons. The van der Waals surface area contributed by atoms with Crippen LogP contribution in [0.5, 0.6) is 0 Å². The topological polar surface area (TPSA) is 48.3 Å². The number of methoxy groups -OCH3 is 1. The molecule has 1 aromatic heterocycles. The van der Waals surface area contributed by atoms with Crippen LogP contribution in [-0.4, -0.2) is 23.4 Å². The normalized spacial score (nSPS) is 10.9. The maximum atomic E-state index is 12.0. The summed E-state index contributed by atoms with van der Waals surface area (Å²) in [4.78, 5) is 23.9. The van der Waals surface area contributed by atoms with Gasteiger partial charge in [-0.05, 0) is 49.6 Å². The highest BCUT2D eigenvalue weighted by Crippen LogP contribution is 2.26. The van der Waals surface area contributed by atoms with Crippen LogP contribution < -0.4 is 0 Å². The quantitative estimate of drug-likeness (QED) is 0.528. The third-order valence-corrected chi connectivity index (χ3v) is 4.66. The number of rotatable bonds is 4. The Hall–Kier alpha value is -2.88. The SMILES string of the molecule is COC(=O)c1ccc2c(C(C)=O)cn(Cc3c(C)cccc3C)c2c1. The van der Waals surface area contributed by atoms with Crippen molar-refractivity contribution in [3.8, 4) is 0 Å². The van der Waals surface area contributed by atoms with Gasteiger partial charge in [0.1, 0.15) is 0 Å². The van der Waals surface area contributed by atoms with E-state index in [0.29, 0.717) is 17.7 Å². The fraction of sp³-hybridized carbons (Fsp3) is 0.238. The number of Topliss-reactive ketones (excluding diaryl/α,β-unsaturated/α-hetero) is 1. The fourth-order valence-corrected chi connectivity index (χ4v) is 3.22. The van der Waals surface area contributed by atoms with Crippen LogP contribution in [0.25, 0.3) is 10.9 Å². The predicted molar refractivity (Wildman–Crippen MR) is 98.3 cm³/mol. The van der Waals surface area contributed by atoms with Gasteiger partial charge in [0, 0.05) is 29.2 Å². The van der Waals surface area contributed by atoms with Gasteiger partial charge in [0.15, 0.2) is 5.78 Å². The number of nitrogens with zero attached hydrogens (tertiary/aromatic N) is 1. The number of ether oxygens (including phenoxy) is 1. The van der Waals surface area contributed by atoms with E-state index >= 15 is 0 Å². The minimum Gasteiger partial charge on any atom is -0.465 e. The third-order valence-electron chi connectivity index (χ3n) is 4.66. The number of esters is 1. The molecule has 0 radical (unpaired) electrons. The van der Waals surface area contributed by atoms with E-state index in [2.05, 4.69) is 26.0 Å². The zero-order valence-corrected chi connectivity index (χ0v) is 14.9. The molecule has 0 unspecified atom stereocenters. The number of hydrogen-bond donors (Lipinski definition) is 0. The van der Waals surface area contributed by atoms with Gasteiger partial charge in [0.2, 0.25) is 0 Å². The van der Waals surface area contributed by atoms with Gasteiger partial charge in [0.05, 0.1) is 12.7 Å². The number of aromatic nitrogens is 1. The summed E-state index contributed by atoms with van der Waals surface area (Å²) in [7, 11) is 1.36. The van der Waals surface area contributed by atoms with Gasteiger partial charge < -0.3 is 9.30 Å². The second-order valence-corrected chi connectivity index (χ2v) is 6.32. The fourth-order valence-electron chi connectivity index (χ4n) is 3.22. The standard InChI is InChI=1S/C21H21NO3/c1-13-6-5-7-14(2)18(13)11-22-12-19(15(3)23)17-9-8-16(10-20(17)22)21(24)25-4/h5-10,12H,11H2,1-4H3. The van der Waals surface area contributed by atoms with Crippen molar-refractivity contribution < 1.29 is 14.3 Å². The number of carbonyl (C=O) groups is 2. The Morgan fingerprint density at radius 2 is 1.76 bits per heavy atom. The van der Waals surface area contributed by atoms with Gasteiger partial charge >= 0.3 is 5.97 Å². The molecule has 0 N–H and O–H groups in total. The van der Waals surface area contributed by atoms with Gasteiger partial charge in [-0.15, -0.1) is 0 Å². The highest BCUT2D eigenvalue weighted by molar-refractivity contribution is 6.08. The Morgan fingerprint density at radius 3 is 2.36 bits per heavy atom. The minimum absolute atomic E-state index is 0.0103. The van der Waals surface area contributed by atoms with E-state index in [1.165, 1.54) is 23.8 Å². The lowest BCUT2D eigenvalue weighted by atomic mass is 10.0. The van der Waals surface area contributed by atoms with E-state index in [9.17, 15) is 9.59 Å². The Bertz CT molecular complexity index is 962. The van der Waals surface area contributed by atoms with Crippen LogP contribution in [0.2, 0.25) is 0 Å². The van der Waals surface area contributed by atoms with Crippen LogP contribution in [0.4, 0.5) is 0 Å². The monoisotopic (exact) mass is 335 g/mol. The second kappa shape index (κ2) is 6.55. The maximum absolute atomic E-state index is 12.0. The van der Waals surface area contributed by atoms with Crippen molar-refractivity contribution in [2.75, 3.05) is 7.11 Å². The third kappa shape index (κ3) is 3.07. The summed E-state index contributed by atoms with van der Waals surface area (Å²) in [5.74, 6) is -0.373. The molecular formula is C21H21NO3. The van der Waals surface area contributed by atoms with Crippen LogP contribution in [0.1, 0.15) is 44.3 Å². The molecule has 0 spiro atoms. The van der Waals surface area contributed by atoms with Crippen LogP contribution in [0.3, 0.4) is 0 Å². The molecule has 0 bridgehead atoms. The summed E-state index contributed by atoms with van der Waals surface area (Å²) in [5.41, 5.74) is 5.63. The lowest BCUT2D eigenvalue weighted by Gasteiger charge is -2.12. The summed E-state index contributed by atoms with van der Waals surface area (Å²) < 4.78 is 6.86. The number of fused-ring (bicyclic) bond motifs is 1. The maximum Gasteiger partial charge on any atom is 0.337 e. The van der Waals surface area contributed by atoms with Gasteiger partial charge in [-0.2, -0.15) is 0 Å². The smallest absolute Gasteiger partial charge is 0.337 e. The van der Waals surface area contributed by atoms with Gasteiger partial charge in [-0.1, -0.05) is 24.3 Å². The zero-order chi connectivity index (χ0) is 18.1. The average molecular weight is 335 g/mol. The van der Waals surface area contributed by atoms with Crippen molar-refractivity contribution in [1.82, 2.24) is 4.57 Å². The molecule has 0 saturated carbocycles. The molecule has 0 aliphatic rings. The molecule has 0 aliphatic heterocycles. The predicted octanol–water partition coefficient (Wildman–Crippen LogP) is 4.30. The van der Waals surface area contributed by atoms with Crippen molar-refractivity contribution in [3.63, 3.8) is 0 Å². The summed E-state index contributed by atoms with van der Waals surface area (Å²) in [6.07, 6.45) is 1.87. The number of aryl methyl sites for hydroxylation is 2. The molecule has 3 aromatic rings. The Morgan fingerprint density at radius 1 is 1.08 bits per heavy atom. The Labute approximate surface area is 147 Å². The Balaban J connectivity index is 2.19. The molecule has 0 aliphatic carbocycles. The van der Waals surface area contributed by atoms with Crippen LogP contribution in [0.15, 0.2) is 42.6 Å². The summed E-state index contributed by atoms with van der Waals surface area (Å²) in [5, 5.41) is 0.853. The van der Waals surface area contributed by atoms with E-state index in [0.717, 1.165) is 10.9 Å². The molecule has 3 rings (SSSR count). The molecule has 0 saturated heterocycles. The van der Waals surface area contributed by atoms with Gasteiger partial charge in [0.25, 0.3) is 0 Å². The largest absolute Gasteiger partial charge is 0.465 e. The molecule has 0 amide bonds. The van der Waals surface area contributed by atoms with Crippen molar-refractivity contribution >= 4 is 22.7 Å². The second-order valence-electron chi connectivity index (χ2n) is 6.32. The molecule has 4 heteroatoms. The summed E-state index contributed by atoms with van der Waals surface area (Å²) in [6.45, 7) is 6.37. The first kappa shape index (κ1) is 17.0. The lowest BCUT2D eigenvalue weighted by molar-refractivity contribution is 0.0600. The van der Waals surface area contributed by atoms with E-state index < -0.39 is 0 Å². The summed E-state index contributed by atoms with van der Waals surface area (Å²) in [6, 6.07) is 11.5. The molecular weight excluding hydrogens is 314 g/mol. The first-order valence-electron chi connectivity index (χ1n) is 8.19.